The molecule has 0 aliphatic heterocycles. The van der Waals surface area contributed by atoms with Gasteiger partial charge in [0.15, 0.2) is 0 Å². The number of carbonyl (C=O) groups excluding carboxylic acids is 2. The van der Waals surface area contributed by atoms with Gasteiger partial charge in [-0.2, -0.15) is 0 Å². The predicted molar refractivity (Wildman–Crippen MR) is 37.7 cm³/mol. The van der Waals surface area contributed by atoms with Crippen LogP contribution in [-0.4, -0.2) is 24.9 Å². The minimum atomic E-state index is -0.411. The smallest absolute Gasteiger partial charge is 0.315 e. The molecule has 0 aromatic rings. The summed E-state index contributed by atoms with van der Waals surface area (Å²) in [4.78, 5) is 20.6. The van der Waals surface area contributed by atoms with Gasteiger partial charge in [-0.1, -0.05) is 0 Å². The van der Waals surface area contributed by atoms with Gasteiger partial charge in [0.05, 0.1) is 6.04 Å². The monoisotopic (exact) mass is 144 g/mol. The van der Waals surface area contributed by atoms with Gasteiger partial charge >= 0.3 is 6.03 Å². The molecule has 1 unspecified atom stereocenters. The summed E-state index contributed by atoms with van der Waals surface area (Å²) in [5.74, 6) is 0. The molecule has 0 rings (SSSR count). The zero-order chi connectivity index (χ0) is 7.98. The topological polar surface area (TPSA) is 58.2 Å². The molecule has 58 valence electrons. The standard InChI is InChI=1S/C6H12N2O2/c1-3-7-6(10)8-5(2)4-9/h4-5H,3H2,1-2H3,(H2,7,8,10). The quantitative estimate of drug-likeness (QED) is 0.543. The van der Waals surface area contributed by atoms with E-state index in [1.807, 2.05) is 6.92 Å². The Labute approximate surface area is 60.0 Å². The third-order valence-corrected chi connectivity index (χ3v) is 0.900. The molecule has 0 bridgehead atoms. The van der Waals surface area contributed by atoms with Crippen molar-refractivity contribution in [1.82, 2.24) is 10.6 Å². The van der Waals surface area contributed by atoms with Crippen LogP contribution in [0.3, 0.4) is 0 Å². The number of aldehydes is 1. The van der Waals surface area contributed by atoms with Crippen LogP contribution >= 0.6 is 0 Å². The lowest BCUT2D eigenvalue weighted by Gasteiger charge is -2.06. The van der Waals surface area contributed by atoms with Crippen LogP contribution in [0.4, 0.5) is 4.79 Å². The van der Waals surface area contributed by atoms with Crippen LogP contribution in [-0.2, 0) is 4.79 Å². The second kappa shape index (κ2) is 4.78. The number of rotatable bonds is 3. The largest absolute Gasteiger partial charge is 0.338 e. The Kier molecular flexibility index (Phi) is 4.28. The van der Waals surface area contributed by atoms with Gasteiger partial charge in [0.1, 0.15) is 6.29 Å². The van der Waals surface area contributed by atoms with Crippen molar-refractivity contribution in [3.8, 4) is 0 Å². The Morgan fingerprint density at radius 1 is 1.70 bits per heavy atom. The van der Waals surface area contributed by atoms with Crippen molar-refractivity contribution in [2.75, 3.05) is 6.54 Å². The minimum Gasteiger partial charge on any atom is -0.338 e. The first-order chi connectivity index (χ1) is 4.70. The van der Waals surface area contributed by atoms with E-state index in [2.05, 4.69) is 10.6 Å². The summed E-state index contributed by atoms with van der Waals surface area (Å²) in [6, 6.07) is -0.714. The van der Waals surface area contributed by atoms with Gasteiger partial charge in [0, 0.05) is 6.54 Å². The summed E-state index contributed by atoms with van der Waals surface area (Å²) in [5, 5.41) is 4.91. The molecule has 4 heteroatoms. The predicted octanol–water partition coefficient (Wildman–Crippen LogP) is -0.107. The number of nitrogens with one attached hydrogen (secondary N) is 2. The summed E-state index contributed by atoms with van der Waals surface area (Å²) in [5.41, 5.74) is 0. The van der Waals surface area contributed by atoms with Crippen molar-refractivity contribution < 1.29 is 9.59 Å². The molecular formula is C6H12N2O2. The van der Waals surface area contributed by atoms with Crippen LogP contribution in [0.5, 0.6) is 0 Å². The maximum Gasteiger partial charge on any atom is 0.315 e. The zero-order valence-corrected chi connectivity index (χ0v) is 6.18. The molecule has 0 spiro atoms. The Morgan fingerprint density at radius 3 is 2.70 bits per heavy atom. The second-order valence-corrected chi connectivity index (χ2v) is 1.93. The van der Waals surface area contributed by atoms with E-state index in [0.29, 0.717) is 12.8 Å². The van der Waals surface area contributed by atoms with Gasteiger partial charge in [-0.15, -0.1) is 0 Å². The summed E-state index contributed by atoms with van der Waals surface area (Å²) >= 11 is 0. The van der Waals surface area contributed by atoms with Crippen molar-refractivity contribution in [3.63, 3.8) is 0 Å². The highest BCUT2D eigenvalue weighted by atomic mass is 16.2. The number of hydrogen-bond donors (Lipinski definition) is 2. The van der Waals surface area contributed by atoms with Crippen molar-refractivity contribution >= 4 is 12.3 Å². The highest BCUT2D eigenvalue weighted by Gasteiger charge is 2.01. The maximum atomic E-state index is 10.6. The first-order valence-corrected chi connectivity index (χ1v) is 3.20. The van der Waals surface area contributed by atoms with Crippen LogP contribution in [0.15, 0.2) is 0 Å². The fourth-order valence-corrected chi connectivity index (χ4v) is 0.452. The summed E-state index contributed by atoms with van der Waals surface area (Å²) in [7, 11) is 0. The maximum absolute atomic E-state index is 10.6. The fourth-order valence-electron chi connectivity index (χ4n) is 0.452. The summed E-state index contributed by atoms with van der Waals surface area (Å²) < 4.78 is 0. The molecular weight excluding hydrogens is 132 g/mol. The molecule has 0 fully saturated rings. The minimum absolute atomic E-state index is 0.304. The van der Waals surface area contributed by atoms with Gasteiger partial charge in [-0.3, -0.25) is 0 Å². The molecule has 0 saturated carbocycles. The molecule has 4 nitrogen and oxygen atoms in total. The normalized spacial score (nSPS) is 11.8. The van der Waals surface area contributed by atoms with Crippen LogP contribution in [0.2, 0.25) is 0 Å². The van der Waals surface area contributed by atoms with Gasteiger partial charge in [0.2, 0.25) is 0 Å². The average molecular weight is 144 g/mol. The van der Waals surface area contributed by atoms with E-state index in [1.54, 1.807) is 6.92 Å². The number of amides is 2. The van der Waals surface area contributed by atoms with Gasteiger partial charge in [-0.25, -0.2) is 4.79 Å². The molecule has 0 saturated heterocycles. The van der Waals surface area contributed by atoms with Gasteiger partial charge in [0.25, 0.3) is 0 Å². The molecule has 2 amide bonds. The Bertz CT molecular complexity index is 125. The highest BCUT2D eigenvalue weighted by Crippen LogP contribution is 1.72. The van der Waals surface area contributed by atoms with Crippen molar-refractivity contribution in [2.24, 2.45) is 0 Å². The van der Waals surface area contributed by atoms with Gasteiger partial charge < -0.3 is 15.4 Å². The van der Waals surface area contributed by atoms with Crippen LogP contribution < -0.4 is 10.6 Å². The number of carbonyl (C=O) groups is 2. The first kappa shape index (κ1) is 8.94. The summed E-state index contributed by atoms with van der Waals surface area (Å²) in [6.07, 6.45) is 0.676. The van der Waals surface area contributed by atoms with E-state index >= 15 is 0 Å². The SMILES string of the molecule is CCNC(=O)NC(C)C=O. The molecule has 0 radical (unpaired) electrons. The zero-order valence-electron chi connectivity index (χ0n) is 6.18. The Hall–Kier alpha value is -1.06. The van der Waals surface area contributed by atoms with E-state index in [4.69, 9.17) is 0 Å². The number of urea groups is 1. The van der Waals surface area contributed by atoms with Crippen molar-refractivity contribution in [2.45, 2.75) is 19.9 Å². The molecule has 0 aromatic heterocycles. The third-order valence-electron chi connectivity index (χ3n) is 0.900. The third kappa shape index (κ3) is 3.88. The van der Waals surface area contributed by atoms with Crippen LogP contribution in [0.1, 0.15) is 13.8 Å². The van der Waals surface area contributed by atoms with Crippen molar-refractivity contribution in [1.29, 1.82) is 0 Å². The molecule has 0 aliphatic rings. The van der Waals surface area contributed by atoms with Crippen molar-refractivity contribution in [3.05, 3.63) is 0 Å². The lowest BCUT2D eigenvalue weighted by atomic mass is 10.4. The Morgan fingerprint density at radius 2 is 2.30 bits per heavy atom. The molecule has 1 atom stereocenters. The van der Waals surface area contributed by atoms with E-state index in [-0.39, 0.29) is 6.03 Å². The van der Waals surface area contributed by atoms with E-state index < -0.39 is 6.04 Å². The second-order valence-electron chi connectivity index (χ2n) is 1.93. The fraction of sp³-hybridized carbons (Fsp3) is 0.667. The molecule has 0 aliphatic carbocycles. The van der Waals surface area contributed by atoms with Crippen LogP contribution in [0.25, 0.3) is 0 Å². The molecule has 0 aromatic carbocycles. The van der Waals surface area contributed by atoms with E-state index in [9.17, 15) is 9.59 Å². The highest BCUT2D eigenvalue weighted by molar-refractivity contribution is 5.77. The van der Waals surface area contributed by atoms with E-state index in [0.717, 1.165) is 0 Å². The number of hydrogen-bond acceptors (Lipinski definition) is 2. The van der Waals surface area contributed by atoms with E-state index in [1.165, 1.54) is 0 Å². The molecule has 10 heavy (non-hydrogen) atoms. The Balaban J connectivity index is 3.46. The molecule has 0 heterocycles. The van der Waals surface area contributed by atoms with Crippen LogP contribution in [0, 0.1) is 0 Å². The molecule has 2 N–H and O–H groups in total. The van der Waals surface area contributed by atoms with Gasteiger partial charge in [-0.05, 0) is 13.8 Å². The summed E-state index contributed by atoms with van der Waals surface area (Å²) in [6.45, 7) is 3.99. The lowest BCUT2D eigenvalue weighted by Crippen LogP contribution is -2.41. The lowest BCUT2D eigenvalue weighted by molar-refractivity contribution is -0.109. The first-order valence-electron chi connectivity index (χ1n) is 3.20. The average Bonchev–Trinajstić information content (AvgIpc) is 1.88.